The number of carbonyl (C=O) groups is 2. The van der Waals surface area contributed by atoms with Crippen molar-refractivity contribution in [3.63, 3.8) is 0 Å². The second-order valence-corrected chi connectivity index (χ2v) is 6.47. The predicted octanol–water partition coefficient (Wildman–Crippen LogP) is 1.12. The number of nitrogens with one attached hydrogen (secondary N) is 1. The zero-order valence-electron chi connectivity index (χ0n) is 15.0. The number of hydrogen-bond acceptors (Lipinski definition) is 4. The van der Waals surface area contributed by atoms with Crippen molar-refractivity contribution in [3.05, 3.63) is 35.4 Å². The highest BCUT2D eigenvalue weighted by atomic mass is 16.5. The van der Waals surface area contributed by atoms with Crippen LogP contribution in [-0.4, -0.2) is 68.6 Å². The van der Waals surface area contributed by atoms with E-state index in [2.05, 4.69) is 10.2 Å². The van der Waals surface area contributed by atoms with Crippen molar-refractivity contribution in [2.45, 2.75) is 24.9 Å². The van der Waals surface area contributed by atoms with Gasteiger partial charge in [-0.15, -0.1) is 0 Å². The highest BCUT2D eigenvalue weighted by Crippen LogP contribution is 2.31. The largest absolute Gasteiger partial charge is 0.382 e. The highest BCUT2D eigenvalue weighted by Gasteiger charge is 2.46. The fourth-order valence-corrected chi connectivity index (χ4v) is 3.40. The highest BCUT2D eigenvalue weighted by molar-refractivity contribution is 5.94. The minimum absolute atomic E-state index is 0.0117. The van der Waals surface area contributed by atoms with Gasteiger partial charge in [0.2, 0.25) is 5.91 Å². The van der Waals surface area contributed by atoms with E-state index < -0.39 is 5.54 Å². The molecule has 1 aliphatic heterocycles. The second-order valence-electron chi connectivity index (χ2n) is 6.47. The molecule has 2 amide bonds. The molecule has 1 unspecified atom stereocenters. The molecule has 0 spiro atoms. The lowest BCUT2D eigenvalue weighted by Gasteiger charge is -2.36. The summed E-state index contributed by atoms with van der Waals surface area (Å²) in [5.74, 6) is -0.0323. The lowest BCUT2D eigenvalue weighted by molar-refractivity contribution is -0.135. The summed E-state index contributed by atoms with van der Waals surface area (Å²) in [6.45, 7) is 1.82. The summed E-state index contributed by atoms with van der Waals surface area (Å²) in [5.41, 5.74) is 1.05. The average molecular weight is 333 g/mol. The van der Waals surface area contributed by atoms with Gasteiger partial charge in [0.15, 0.2) is 0 Å². The smallest absolute Gasteiger partial charge is 0.253 e. The van der Waals surface area contributed by atoms with E-state index >= 15 is 0 Å². The van der Waals surface area contributed by atoms with Gasteiger partial charge in [-0.2, -0.15) is 0 Å². The Balaban J connectivity index is 2.24. The maximum atomic E-state index is 12.5. The van der Waals surface area contributed by atoms with E-state index in [4.69, 9.17) is 4.74 Å². The first-order chi connectivity index (χ1) is 11.4. The van der Waals surface area contributed by atoms with Crippen molar-refractivity contribution in [2.24, 2.45) is 0 Å². The Labute approximate surface area is 143 Å². The molecule has 1 N–H and O–H groups in total. The van der Waals surface area contributed by atoms with E-state index in [1.165, 1.54) is 0 Å². The molecule has 1 heterocycles. The third kappa shape index (κ3) is 3.60. The van der Waals surface area contributed by atoms with Crippen LogP contribution in [0.15, 0.2) is 24.3 Å². The van der Waals surface area contributed by atoms with E-state index in [9.17, 15) is 9.59 Å². The number of benzene rings is 1. The van der Waals surface area contributed by atoms with Gasteiger partial charge in [-0.05, 0) is 37.1 Å². The molecular formula is C18H27N3O3. The molecule has 0 aromatic heterocycles. The summed E-state index contributed by atoms with van der Waals surface area (Å²) in [5, 5.41) is 2.77. The molecule has 2 rings (SSSR count). The average Bonchev–Trinajstić information content (AvgIpc) is 2.97. The van der Waals surface area contributed by atoms with E-state index in [0.717, 1.165) is 24.9 Å². The maximum absolute atomic E-state index is 12.5. The summed E-state index contributed by atoms with van der Waals surface area (Å²) in [6, 6.07) is 7.60. The number of rotatable bonds is 6. The van der Waals surface area contributed by atoms with Gasteiger partial charge in [0, 0.05) is 40.4 Å². The first-order valence-corrected chi connectivity index (χ1v) is 8.21. The molecule has 6 nitrogen and oxygen atoms in total. The first-order valence-electron chi connectivity index (χ1n) is 8.21. The molecule has 24 heavy (non-hydrogen) atoms. The molecule has 0 bridgehead atoms. The zero-order valence-corrected chi connectivity index (χ0v) is 15.0. The number of nitrogens with zero attached hydrogens (tertiary/aromatic N) is 2. The predicted molar refractivity (Wildman–Crippen MR) is 92.8 cm³/mol. The van der Waals surface area contributed by atoms with Crippen molar-refractivity contribution in [2.75, 3.05) is 41.4 Å². The molecule has 1 aromatic rings. The molecule has 1 aromatic carbocycles. The third-order valence-electron chi connectivity index (χ3n) is 4.61. The lowest BCUT2D eigenvalue weighted by Crippen LogP contribution is -2.57. The fraction of sp³-hybridized carbons (Fsp3) is 0.556. The minimum Gasteiger partial charge on any atom is -0.382 e. The van der Waals surface area contributed by atoms with E-state index in [0.29, 0.717) is 18.7 Å². The van der Waals surface area contributed by atoms with E-state index in [1.807, 2.05) is 24.3 Å². The molecule has 6 heteroatoms. The van der Waals surface area contributed by atoms with Crippen LogP contribution in [0.2, 0.25) is 0 Å². The van der Waals surface area contributed by atoms with Gasteiger partial charge in [0.25, 0.3) is 5.91 Å². The van der Waals surface area contributed by atoms with E-state index in [-0.39, 0.29) is 11.8 Å². The molecule has 1 atom stereocenters. The fourth-order valence-electron chi connectivity index (χ4n) is 3.40. The number of carbonyl (C=O) groups excluding carboxylic acids is 2. The number of hydrogen-bond donors (Lipinski definition) is 1. The zero-order chi connectivity index (χ0) is 17.7. The third-order valence-corrected chi connectivity index (χ3v) is 4.61. The van der Waals surface area contributed by atoms with Crippen molar-refractivity contribution in [3.8, 4) is 0 Å². The Morgan fingerprint density at radius 2 is 2.12 bits per heavy atom. The van der Waals surface area contributed by atoms with Crippen LogP contribution >= 0.6 is 0 Å². The Morgan fingerprint density at radius 1 is 1.38 bits per heavy atom. The molecule has 0 saturated carbocycles. The van der Waals surface area contributed by atoms with Gasteiger partial charge in [-0.1, -0.05) is 12.1 Å². The summed E-state index contributed by atoms with van der Waals surface area (Å²) in [6.07, 6.45) is 1.73. The van der Waals surface area contributed by atoms with Crippen molar-refractivity contribution in [1.29, 1.82) is 0 Å². The minimum atomic E-state index is -0.634. The molecular weight excluding hydrogens is 306 g/mol. The molecule has 0 radical (unpaired) electrons. The number of methoxy groups -OCH3 is 1. The van der Waals surface area contributed by atoms with Crippen LogP contribution in [0.5, 0.6) is 0 Å². The quantitative estimate of drug-likeness (QED) is 0.847. The lowest BCUT2D eigenvalue weighted by atomic mass is 9.95. The molecule has 0 aliphatic carbocycles. The van der Waals surface area contributed by atoms with Crippen LogP contribution in [-0.2, 0) is 16.1 Å². The summed E-state index contributed by atoms with van der Waals surface area (Å²) in [4.78, 5) is 28.4. The van der Waals surface area contributed by atoms with Crippen LogP contribution in [0.3, 0.4) is 0 Å². The molecule has 1 fully saturated rings. The molecule has 1 aliphatic rings. The normalized spacial score (nSPS) is 20.8. The van der Waals surface area contributed by atoms with Crippen molar-refractivity contribution < 1.29 is 14.3 Å². The second kappa shape index (κ2) is 7.77. The van der Waals surface area contributed by atoms with Crippen molar-refractivity contribution in [1.82, 2.24) is 15.1 Å². The van der Waals surface area contributed by atoms with Crippen LogP contribution in [0.1, 0.15) is 28.8 Å². The van der Waals surface area contributed by atoms with Crippen LogP contribution in [0, 0.1) is 0 Å². The number of amides is 2. The van der Waals surface area contributed by atoms with Gasteiger partial charge in [0.1, 0.15) is 5.54 Å². The monoisotopic (exact) mass is 333 g/mol. The Kier molecular flexibility index (Phi) is 5.96. The van der Waals surface area contributed by atoms with Gasteiger partial charge in [0.05, 0.1) is 6.61 Å². The van der Waals surface area contributed by atoms with Crippen LogP contribution in [0.25, 0.3) is 0 Å². The standard InChI is InChI=1S/C18H27N3O3/c1-19-17(23)18(13-24-4)9-6-10-21(18)12-14-7-5-8-15(11-14)16(22)20(2)3/h5,7-8,11H,6,9-10,12-13H2,1-4H3,(H,19,23). The van der Waals surface area contributed by atoms with Crippen LogP contribution < -0.4 is 5.32 Å². The van der Waals surface area contributed by atoms with Crippen LogP contribution in [0.4, 0.5) is 0 Å². The summed E-state index contributed by atoms with van der Waals surface area (Å²) < 4.78 is 5.35. The number of likely N-dealkylation sites (tertiary alicyclic amines) is 1. The Hall–Kier alpha value is -1.92. The van der Waals surface area contributed by atoms with Crippen molar-refractivity contribution >= 4 is 11.8 Å². The Bertz CT molecular complexity index is 603. The topological polar surface area (TPSA) is 61.9 Å². The summed E-state index contributed by atoms with van der Waals surface area (Å²) in [7, 11) is 6.76. The van der Waals surface area contributed by atoms with Gasteiger partial charge in [-0.25, -0.2) is 0 Å². The number of likely N-dealkylation sites (N-methyl/N-ethyl adjacent to an activating group) is 1. The molecule has 132 valence electrons. The number of ether oxygens (including phenoxy) is 1. The Morgan fingerprint density at radius 3 is 2.75 bits per heavy atom. The first kappa shape index (κ1) is 18.4. The van der Waals surface area contributed by atoms with Gasteiger partial charge in [-0.3, -0.25) is 14.5 Å². The SMILES string of the molecule is CNC(=O)C1(COC)CCCN1Cc1cccc(C(=O)N(C)C)c1. The summed E-state index contributed by atoms with van der Waals surface area (Å²) >= 11 is 0. The maximum Gasteiger partial charge on any atom is 0.253 e. The van der Waals surface area contributed by atoms with E-state index in [1.54, 1.807) is 33.2 Å². The van der Waals surface area contributed by atoms with Gasteiger partial charge < -0.3 is 15.0 Å². The molecule has 1 saturated heterocycles. The van der Waals surface area contributed by atoms with Gasteiger partial charge >= 0.3 is 0 Å².